The Kier molecular flexibility index (Phi) is 7.79. The maximum Gasteiger partial charge on any atom is 0.253 e. The Morgan fingerprint density at radius 2 is 1.79 bits per heavy atom. The van der Waals surface area contributed by atoms with Gasteiger partial charge in [0.25, 0.3) is 5.91 Å². The molecule has 1 amide bonds. The van der Waals surface area contributed by atoms with E-state index in [1.807, 2.05) is 43.4 Å². The Hall–Kier alpha value is -1.87. The molecule has 2 fully saturated rings. The van der Waals surface area contributed by atoms with Crippen molar-refractivity contribution in [2.45, 2.75) is 17.7 Å². The molecular weight excluding hydrogens is 454 g/mol. The number of nitrogens with zero attached hydrogens (tertiary/aromatic N) is 3. The van der Waals surface area contributed by atoms with Crippen molar-refractivity contribution in [3.8, 4) is 11.1 Å². The largest absolute Gasteiger partial charge is 0.341 e. The summed E-state index contributed by atoms with van der Waals surface area (Å²) in [6.45, 7) is 3.75. The van der Waals surface area contributed by atoms with E-state index >= 15 is 0 Å². The van der Waals surface area contributed by atoms with Gasteiger partial charge in [-0.05, 0) is 61.7 Å². The molecule has 4 rings (SSSR count). The highest BCUT2D eigenvalue weighted by Gasteiger charge is 2.28. The second-order valence-electron chi connectivity index (χ2n) is 9.08. The lowest BCUT2D eigenvalue weighted by atomic mass is 9.97. The van der Waals surface area contributed by atoms with Gasteiger partial charge in [-0.2, -0.15) is 16.1 Å². The molecule has 2 aromatic rings. The second kappa shape index (κ2) is 10.6. The van der Waals surface area contributed by atoms with E-state index in [-0.39, 0.29) is 10.8 Å². The van der Waals surface area contributed by atoms with Crippen molar-refractivity contribution >= 4 is 27.7 Å². The maximum absolute atomic E-state index is 13.5. The number of sulfonamides is 1. The highest BCUT2D eigenvalue weighted by Crippen LogP contribution is 2.28. The Labute approximate surface area is 202 Å². The summed E-state index contributed by atoms with van der Waals surface area (Å²) in [5.41, 5.74) is 2.07. The summed E-state index contributed by atoms with van der Waals surface area (Å²) < 4.78 is 28.5. The number of carbonyl (C=O) groups is 1. The SMILES string of the molecule is CN1CCC[C@@H](CN(C)C(=O)c2cc(-c3ccccc3)cc(S(=O)(=O)N3CCSCC3)c2)C1. The van der Waals surface area contributed by atoms with Crippen LogP contribution in [0.15, 0.2) is 53.4 Å². The maximum atomic E-state index is 13.5. The van der Waals surface area contributed by atoms with Gasteiger partial charge in [0.15, 0.2) is 0 Å². The number of thioether (sulfide) groups is 1. The lowest BCUT2D eigenvalue weighted by molar-refractivity contribution is 0.0740. The van der Waals surface area contributed by atoms with Crippen molar-refractivity contribution in [1.29, 1.82) is 0 Å². The molecule has 0 aromatic heterocycles. The minimum atomic E-state index is -3.67. The molecule has 1 atom stereocenters. The van der Waals surface area contributed by atoms with Gasteiger partial charge in [-0.15, -0.1) is 0 Å². The summed E-state index contributed by atoms with van der Waals surface area (Å²) >= 11 is 1.77. The van der Waals surface area contributed by atoms with Crippen LogP contribution in [0, 0.1) is 5.92 Å². The summed E-state index contributed by atoms with van der Waals surface area (Å²) in [5.74, 6) is 1.89. The van der Waals surface area contributed by atoms with E-state index in [0.29, 0.717) is 31.1 Å². The van der Waals surface area contributed by atoms with E-state index in [1.165, 1.54) is 0 Å². The third-order valence-corrected chi connectivity index (χ3v) is 9.29. The molecule has 178 valence electrons. The van der Waals surface area contributed by atoms with Gasteiger partial charge in [-0.1, -0.05) is 30.3 Å². The predicted molar refractivity (Wildman–Crippen MR) is 135 cm³/mol. The van der Waals surface area contributed by atoms with E-state index < -0.39 is 10.0 Å². The molecule has 0 N–H and O–H groups in total. The van der Waals surface area contributed by atoms with Crippen LogP contribution in [0.25, 0.3) is 11.1 Å². The average Bonchev–Trinajstić information content (AvgIpc) is 2.84. The summed E-state index contributed by atoms with van der Waals surface area (Å²) in [7, 11) is 0.274. The van der Waals surface area contributed by atoms with Crippen LogP contribution in [0.1, 0.15) is 23.2 Å². The van der Waals surface area contributed by atoms with E-state index in [4.69, 9.17) is 0 Å². The molecule has 2 aliphatic rings. The second-order valence-corrected chi connectivity index (χ2v) is 12.2. The summed E-state index contributed by atoms with van der Waals surface area (Å²) in [4.78, 5) is 17.7. The van der Waals surface area contributed by atoms with Crippen molar-refractivity contribution < 1.29 is 13.2 Å². The van der Waals surface area contributed by atoms with Crippen LogP contribution < -0.4 is 0 Å². The Bertz CT molecular complexity index is 1070. The van der Waals surface area contributed by atoms with Gasteiger partial charge in [0.05, 0.1) is 4.90 Å². The molecule has 6 nitrogen and oxygen atoms in total. The Balaban J connectivity index is 1.66. The molecule has 2 saturated heterocycles. The topological polar surface area (TPSA) is 60.9 Å². The first-order valence-corrected chi connectivity index (χ1v) is 14.2. The predicted octanol–water partition coefficient (Wildman–Crippen LogP) is 3.50. The molecule has 2 aliphatic heterocycles. The van der Waals surface area contributed by atoms with Crippen LogP contribution in [-0.2, 0) is 10.0 Å². The van der Waals surface area contributed by atoms with E-state index in [9.17, 15) is 13.2 Å². The minimum absolute atomic E-state index is 0.133. The first-order valence-electron chi connectivity index (χ1n) is 11.6. The van der Waals surface area contributed by atoms with Crippen molar-refractivity contribution in [2.75, 3.05) is 58.3 Å². The highest BCUT2D eigenvalue weighted by molar-refractivity contribution is 7.99. The van der Waals surface area contributed by atoms with Crippen LogP contribution in [-0.4, -0.2) is 86.8 Å². The number of amides is 1. The number of benzene rings is 2. The minimum Gasteiger partial charge on any atom is -0.341 e. The van der Waals surface area contributed by atoms with Crippen LogP contribution >= 0.6 is 11.8 Å². The Morgan fingerprint density at radius 1 is 1.06 bits per heavy atom. The third-order valence-electron chi connectivity index (χ3n) is 6.47. The zero-order chi connectivity index (χ0) is 23.4. The van der Waals surface area contributed by atoms with Gasteiger partial charge in [0, 0.05) is 50.3 Å². The van der Waals surface area contributed by atoms with E-state index in [1.54, 1.807) is 33.1 Å². The third kappa shape index (κ3) is 5.80. The fraction of sp³-hybridized carbons (Fsp3) is 0.480. The molecule has 0 aliphatic carbocycles. The monoisotopic (exact) mass is 487 g/mol. The lowest BCUT2D eigenvalue weighted by Crippen LogP contribution is -2.40. The quantitative estimate of drug-likeness (QED) is 0.624. The van der Waals surface area contributed by atoms with Gasteiger partial charge < -0.3 is 9.80 Å². The standard InChI is InChI=1S/C25H33N3O3S2/c1-26-10-6-7-20(18-26)19-27(2)25(29)23-15-22(21-8-4-3-5-9-21)16-24(17-23)33(30,31)28-11-13-32-14-12-28/h3-5,8-9,15-17,20H,6-7,10-14,18-19H2,1-2H3/t20-/m1/s1. The average molecular weight is 488 g/mol. The van der Waals surface area contributed by atoms with Crippen LogP contribution in [0.3, 0.4) is 0 Å². The molecule has 33 heavy (non-hydrogen) atoms. The smallest absolute Gasteiger partial charge is 0.253 e. The van der Waals surface area contributed by atoms with Crippen molar-refractivity contribution in [3.63, 3.8) is 0 Å². The summed E-state index contributed by atoms with van der Waals surface area (Å²) in [6.07, 6.45) is 2.25. The van der Waals surface area contributed by atoms with Gasteiger partial charge in [-0.25, -0.2) is 8.42 Å². The van der Waals surface area contributed by atoms with Crippen molar-refractivity contribution in [1.82, 2.24) is 14.1 Å². The molecule has 0 unspecified atom stereocenters. The van der Waals surface area contributed by atoms with Crippen molar-refractivity contribution in [2.24, 2.45) is 5.92 Å². The number of hydrogen-bond acceptors (Lipinski definition) is 5. The van der Waals surface area contributed by atoms with Crippen LogP contribution in [0.4, 0.5) is 0 Å². The molecule has 0 bridgehead atoms. The van der Waals surface area contributed by atoms with Crippen molar-refractivity contribution in [3.05, 3.63) is 54.1 Å². The zero-order valence-corrected chi connectivity index (χ0v) is 21.1. The normalized spacial score (nSPS) is 20.5. The number of carbonyl (C=O) groups excluding carboxylic acids is 1. The first kappa shape index (κ1) is 24.3. The zero-order valence-electron chi connectivity index (χ0n) is 19.4. The molecule has 0 saturated carbocycles. The molecule has 8 heteroatoms. The van der Waals surface area contributed by atoms with Gasteiger partial charge >= 0.3 is 0 Å². The fourth-order valence-corrected chi connectivity index (χ4v) is 7.37. The first-order chi connectivity index (χ1) is 15.8. The number of hydrogen-bond donors (Lipinski definition) is 0. The van der Waals surface area contributed by atoms with Crippen LogP contribution in [0.5, 0.6) is 0 Å². The number of piperidine rings is 1. The molecule has 2 aromatic carbocycles. The van der Waals surface area contributed by atoms with Gasteiger partial charge in [0.2, 0.25) is 10.0 Å². The highest BCUT2D eigenvalue weighted by atomic mass is 32.2. The molecule has 0 spiro atoms. The van der Waals surface area contributed by atoms with Gasteiger partial charge in [-0.3, -0.25) is 4.79 Å². The molecule has 2 heterocycles. The number of likely N-dealkylation sites (tertiary alicyclic amines) is 1. The summed E-state index contributed by atoms with van der Waals surface area (Å²) in [5, 5.41) is 0. The van der Waals surface area contributed by atoms with Gasteiger partial charge in [0.1, 0.15) is 0 Å². The van der Waals surface area contributed by atoms with E-state index in [0.717, 1.165) is 48.6 Å². The van der Waals surface area contributed by atoms with Crippen LogP contribution in [0.2, 0.25) is 0 Å². The Morgan fingerprint density at radius 3 is 2.48 bits per heavy atom. The fourth-order valence-electron chi connectivity index (χ4n) is 4.72. The molecule has 0 radical (unpaired) electrons. The molecular formula is C25H33N3O3S2. The summed E-state index contributed by atoms with van der Waals surface area (Å²) in [6, 6.07) is 14.8. The number of rotatable bonds is 6. The lowest BCUT2D eigenvalue weighted by Gasteiger charge is -2.32. The van der Waals surface area contributed by atoms with E-state index in [2.05, 4.69) is 11.9 Å².